The van der Waals surface area contributed by atoms with Crippen LogP contribution >= 0.6 is 0 Å². The number of aromatic hydroxyl groups is 1. The summed E-state index contributed by atoms with van der Waals surface area (Å²) in [5.41, 5.74) is 1.09. The van der Waals surface area contributed by atoms with Gasteiger partial charge in [-0.1, -0.05) is 12.1 Å². The van der Waals surface area contributed by atoms with Crippen LogP contribution in [0.1, 0.15) is 38.2 Å². The van der Waals surface area contributed by atoms with Gasteiger partial charge in [-0.3, -0.25) is 4.79 Å². The van der Waals surface area contributed by atoms with Gasteiger partial charge in [-0.05, 0) is 43.9 Å². The molecule has 1 aromatic rings. The van der Waals surface area contributed by atoms with E-state index in [1.165, 1.54) is 0 Å². The number of hydrogen-bond acceptors (Lipinski definition) is 4. The number of carbonyl (C=O) groups is 2. The minimum atomic E-state index is -0.0359. The molecular weight excluding hydrogens is 244 g/mol. The zero-order valence-electron chi connectivity index (χ0n) is 11.2. The normalized spacial score (nSPS) is 14.1. The Morgan fingerprint density at radius 3 is 2.37 bits per heavy atom. The number of Topliss-reactive ketones (excluding diaryl/α,β-unsaturated/α-hetero) is 1. The molecule has 1 heterocycles. The maximum Gasteiger partial charge on any atom is 0.305 e. The second kappa shape index (κ2) is 8.29. The molecule has 0 bridgehead atoms. The lowest BCUT2D eigenvalue weighted by Gasteiger charge is -2.08. The molecule has 2 rings (SSSR count). The predicted octanol–water partition coefficient (Wildman–Crippen LogP) is 2.63. The fourth-order valence-corrected chi connectivity index (χ4v) is 1.61. The Hall–Kier alpha value is -1.84. The Bertz CT molecular complexity index is 401. The highest BCUT2D eigenvalue weighted by molar-refractivity contribution is 5.75. The van der Waals surface area contributed by atoms with Gasteiger partial charge in [0.05, 0.1) is 6.61 Å². The predicted molar refractivity (Wildman–Crippen MR) is 71.9 cm³/mol. The first kappa shape index (κ1) is 15.2. The summed E-state index contributed by atoms with van der Waals surface area (Å²) in [5.74, 6) is 0.427. The quantitative estimate of drug-likeness (QED) is 0.852. The van der Waals surface area contributed by atoms with E-state index in [0.717, 1.165) is 24.8 Å². The number of phenols is 1. The van der Waals surface area contributed by atoms with Gasteiger partial charge in [-0.2, -0.15) is 0 Å². The van der Waals surface area contributed by atoms with Gasteiger partial charge in [0.1, 0.15) is 11.5 Å². The van der Waals surface area contributed by atoms with Crippen molar-refractivity contribution in [3.05, 3.63) is 29.8 Å². The lowest BCUT2D eigenvalue weighted by Crippen LogP contribution is -2.10. The number of ketones is 1. The van der Waals surface area contributed by atoms with E-state index in [2.05, 4.69) is 4.74 Å². The fraction of sp³-hybridized carbons (Fsp3) is 0.467. The van der Waals surface area contributed by atoms with Crippen molar-refractivity contribution in [2.24, 2.45) is 0 Å². The Morgan fingerprint density at radius 2 is 1.95 bits per heavy atom. The molecular formula is C15H20O4. The number of phenolic OH excluding ortho intramolecular Hbond substituents is 1. The van der Waals surface area contributed by atoms with Gasteiger partial charge in [0.15, 0.2) is 0 Å². The molecule has 0 aromatic heterocycles. The molecule has 0 aliphatic carbocycles. The topological polar surface area (TPSA) is 63.6 Å². The summed E-state index contributed by atoms with van der Waals surface area (Å²) in [6.07, 6.45) is 4.02. The molecule has 104 valence electrons. The molecule has 0 spiro atoms. The van der Waals surface area contributed by atoms with Crippen LogP contribution in [-0.2, 0) is 20.7 Å². The summed E-state index contributed by atoms with van der Waals surface area (Å²) in [6, 6.07) is 6.93. The lowest BCUT2D eigenvalue weighted by atomic mass is 10.1. The first-order valence-electron chi connectivity index (χ1n) is 6.51. The van der Waals surface area contributed by atoms with E-state index in [1.54, 1.807) is 19.1 Å². The third kappa shape index (κ3) is 7.24. The third-order valence-corrected chi connectivity index (χ3v) is 2.74. The summed E-state index contributed by atoms with van der Waals surface area (Å²) >= 11 is 0. The van der Waals surface area contributed by atoms with Crippen molar-refractivity contribution in [2.75, 3.05) is 6.61 Å². The van der Waals surface area contributed by atoms with Gasteiger partial charge in [-0.25, -0.2) is 0 Å². The van der Waals surface area contributed by atoms with Crippen molar-refractivity contribution in [2.45, 2.75) is 39.0 Å². The van der Waals surface area contributed by atoms with E-state index in [1.807, 2.05) is 12.1 Å². The van der Waals surface area contributed by atoms with E-state index in [4.69, 9.17) is 5.11 Å². The molecule has 1 aliphatic rings. The van der Waals surface area contributed by atoms with Crippen molar-refractivity contribution in [1.82, 2.24) is 0 Å². The lowest BCUT2D eigenvalue weighted by molar-refractivity contribution is -0.146. The number of aryl methyl sites for hydroxylation is 1. The van der Waals surface area contributed by atoms with Crippen molar-refractivity contribution in [3.8, 4) is 5.75 Å². The molecule has 19 heavy (non-hydrogen) atoms. The highest BCUT2D eigenvalue weighted by atomic mass is 16.5. The highest BCUT2D eigenvalue weighted by Crippen LogP contribution is 2.10. The average Bonchev–Trinajstić information content (AvgIpc) is 2.40. The molecule has 0 saturated carbocycles. The van der Waals surface area contributed by atoms with Crippen LogP contribution in [0.4, 0.5) is 0 Å². The summed E-state index contributed by atoms with van der Waals surface area (Å²) in [5, 5.41) is 8.97. The Kier molecular flexibility index (Phi) is 6.64. The molecule has 4 heteroatoms. The Balaban J connectivity index is 0.000000218. The van der Waals surface area contributed by atoms with Crippen LogP contribution in [0.3, 0.4) is 0 Å². The van der Waals surface area contributed by atoms with E-state index >= 15 is 0 Å². The second-order valence-electron chi connectivity index (χ2n) is 4.55. The van der Waals surface area contributed by atoms with Crippen LogP contribution in [0.15, 0.2) is 24.3 Å². The Morgan fingerprint density at radius 1 is 1.26 bits per heavy atom. The third-order valence-electron chi connectivity index (χ3n) is 2.74. The zero-order valence-corrected chi connectivity index (χ0v) is 11.2. The van der Waals surface area contributed by atoms with E-state index in [-0.39, 0.29) is 17.5 Å². The van der Waals surface area contributed by atoms with Crippen LogP contribution in [0.2, 0.25) is 0 Å². The smallest absolute Gasteiger partial charge is 0.305 e. The van der Waals surface area contributed by atoms with E-state index in [0.29, 0.717) is 19.4 Å². The number of hydrogen-bond donors (Lipinski definition) is 1. The van der Waals surface area contributed by atoms with Crippen LogP contribution in [0, 0.1) is 0 Å². The van der Waals surface area contributed by atoms with Crippen molar-refractivity contribution in [1.29, 1.82) is 0 Å². The number of carbonyl (C=O) groups excluding carboxylic acids is 2. The monoisotopic (exact) mass is 264 g/mol. The SMILES string of the molecule is CC(=O)CCc1ccc(O)cc1.O=C1CCCCO1. The van der Waals surface area contributed by atoms with E-state index < -0.39 is 0 Å². The first-order chi connectivity index (χ1) is 9.08. The van der Waals surface area contributed by atoms with Crippen LogP contribution in [0.25, 0.3) is 0 Å². The molecule has 1 N–H and O–H groups in total. The van der Waals surface area contributed by atoms with Crippen LogP contribution in [0.5, 0.6) is 5.75 Å². The molecule has 1 fully saturated rings. The first-order valence-corrected chi connectivity index (χ1v) is 6.51. The zero-order chi connectivity index (χ0) is 14.1. The maximum atomic E-state index is 10.6. The molecule has 4 nitrogen and oxygen atoms in total. The number of benzene rings is 1. The molecule has 1 aliphatic heterocycles. The number of ether oxygens (including phenoxy) is 1. The number of rotatable bonds is 3. The van der Waals surface area contributed by atoms with Gasteiger partial charge in [0.25, 0.3) is 0 Å². The van der Waals surface area contributed by atoms with Gasteiger partial charge < -0.3 is 14.6 Å². The summed E-state index contributed by atoms with van der Waals surface area (Å²) in [4.78, 5) is 20.9. The van der Waals surface area contributed by atoms with E-state index in [9.17, 15) is 9.59 Å². The minimum absolute atomic E-state index is 0.0359. The van der Waals surface area contributed by atoms with Gasteiger partial charge in [0.2, 0.25) is 0 Å². The van der Waals surface area contributed by atoms with Crippen molar-refractivity contribution >= 4 is 11.8 Å². The van der Waals surface area contributed by atoms with Crippen molar-refractivity contribution in [3.63, 3.8) is 0 Å². The summed E-state index contributed by atoms with van der Waals surface area (Å²) < 4.78 is 4.64. The van der Waals surface area contributed by atoms with Crippen LogP contribution < -0.4 is 0 Å². The number of esters is 1. The summed E-state index contributed by atoms with van der Waals surface area (Å²) in [6.45, 7) is 2.22. The largest absolute Gasteiger partial charge is 0.508 e. The van der Waals surface area contributed by atoms with Gasteiger partial charge in [-0.15, -0.1) is 0 Å². The Labute approximate surface area is 113 Å². The molecule has 0 atom stereocenters. The molecule has 1 saturated heterocycles. The maximum absolute atomic E-state index is 10.6. The summed E-state index contributed by atoms with van der Waals surface area (Å²) in [7, 11) is 0. The minimum Gasteiger partial charge on any atom is -0.508 e. The van der Waals surface area contributed by atoms with Gasteiger partial charge >= 0.3 is 5.97 Å². The molecule has 0 radical (unpaired) electrons. The average molecular weight is 264 g/mol. The fourth-order valence-electron chi connectivity index (χ4n) is 1.61. The second-order valence-corrected chi connectivity index (χ2v) is 4.55. The standard InChI is InChI=1S/C10H12O2.C5H8O2/c1-8(11)2-3-9-4-6-10(12)7-5-9;6-5-3-1-2-4-7-5/h4-7,12H,2-3H2,1H3;1-4H2. The number of cyclic esters (lactones) is 1. The highest BCUT2D eigenvalue weighted by Gasteiger charge is 2.06. The molecule has 0 unspecified atom stereocenters. The van der Waals surface area contributed by atoms with Crippen LogP contribution in [-0.4, -0.2) is 23.5 Å². The molecule has 0 amide bonds. The van der Waals surface area contributed by atoms with Gasteiger partial charge in [0, 0.05) is 12.8 Å². The molecule has 1 aromatic carbocycles. The van der Waals surface area contributed by atoms with Crippen molar-refractivity contribution < 1.29 is 19.4 Å².